The minimum Gasteiger partial charge on any atom is -0.399 e. The SMILES string of the molecule is Cc1cc(S(=O)CC(=O)NCCC#N)ccc1N. The topological polar surface area (TPSA) is 96.0 Å². The summed E-state index contributed by atoms with van der Waals surface area (Å²) < 4.78 is 11.9. The molecule has 1 aromatic carbocycles. The van der Waals surface area contributed by atoms with Crippen molar-refractivity contribution >= 4 is 22.4 Å². The Morgan fingerprint density at radius 2 is 2.28 bits per heavy atom. The second-order valence-corrected chi connectivity index (χ2v) is 5.22. The number of nitrogens with zero attached hydrogens (tertiary/aromatic N) is 1. The highest BCUT2D eigenvalue weighted by atomic mass is 32.2. The Labute approximate surface area is 108 Å². The lowest BCUT2D eigenvalue weighted by molar-refractivity contribution is -0.118. The van der Waals surface area contributed by atoms with Crippen LogP contribution in [0.15, 0.2) is 23.1 Å². The first-order valence-corrected chi connectivity index (χ1v) is 6.74. The van der Waals surface area contributed by atoms with Crippen LogP contribution < -0.4 is 11.1 Å². The summed E-state index contributed by atoms with van der Waals surface area (Å²) in [6, 6.07) is 6.96. The first-order valence-electron chi connectivity index (χ1n) is 5.42. The third kappa shape index (κ3) is 4.18. The number of rotatable bonds is 5. The minimum absolute atomic E-state index is 0.102. The van der Waals surface area contributed by atoms with Gasteiger partial charge in [-0.2, -0.15) is 5.26 Å². The number of benzene rings is 1. The normalized spacial score (nSPS) is 11.6. The molecule has 0 radical (unpaired) electrons. The van der Waals surface area contributed by atoms with Crippen LogP contribution in [0.3, 0.4) is 0 Å². The number of carbonyl (C=O) groups is 1. The average Bonchev–Trinajstić information content (AvgIpc) is 2.33. The quantitative estimate of drug-likeness (QED) is 0.605. The predicted molar refractivity (Wildman–Crippen MR) is 70.1 cm³/mol. The van der Waals surface area contributed by atoms with E-state index >= 15 is 0 Å². The van der Waals surface area contributed by atoms with E-state index in [1.54, 1.807) is 18.2 Å². The Hall–Kier alpha value is -1.87. The third-order valence-electron chi connectivity index (χ3n) is 2.33. The molecule has 1 amide bonds. The van der Waals surface area contributed by atoms with E-state index in [9.17, 15) is 9.00 Å². The van der Waals surface area contributed by atoms with E-state index in [0.29, 0.717) is 10.6 Å². The lowest BCUT2D eigenvalue weighted by atomic mass is 10.2. The highest BCUT2D eigenvalue weighted by Crippen LogP contribution is 2.15. The van der Waals surface area contributed by atoms with Gasteiger partial charge in [0.05, 0.1) is 23.3 Å². The fourth-order valence-electron chi connectivity index (χ4n) is 1.30. The third-order valence-corrected chi connectivity index (χ3v) is 3.63. The summed E-state index contributed by atoms with van der Waals surface area (Å²) in [5, 5.41) is 10.9. The van der Waals surface area contributed by atoms with Gasteiger partial charge in [-0.15, -0.1) is 0 Å². The van der Waals surface area contributed by atoms with Crippen LogP contribution in [0.1, 0.15) is 12.0 Å². The maximum atomic E-state index is 11.9. The Morgan fingerprint density at radius 3 is 2.89 bits per heavy atom. The zero-order valence-electron chi connectivity index (χ0n) is 10.1. The van der Waals surface area contributed by atoms with E-state index in [1.807, 2.05) is 13.0 Å². The molecule has 0 saturated carbocycles. The molecule has 0 saturated heterocycles. The van der Waals surface area contributed by atoms with Crippen LogP contribution >= 0.6 is 0 Å². The summed E-state index contributed by atoms with van der Waals surface area (Å²) in [7, 11) is -1.39. The second-order valence-electron chi connectivity index (χ2n) is 3.77. The molecule has 0 aliphatic heterocycles. The summed E-state index contributed by atoms with van der Waals surface area (Å²) >= 11 is 0. The van der Waals surface area contributed by atoms with E-state index in [0.717, 1.165) is 5.56 Å². The molecule has 0 spiro atoms. The van der Waals surface area contributed by atoms with Crippen molar-refractivity contribution in [2.45, 2.75) is 18.2 Å². The van der Waals surface area contributed by atoms with Crippen molar-refractivity contribution in [1.82, 2.24) is 5.32 Å². The minimum atomic E-state index is -1.39. The number of hydrogen-bond donors (Lipinski definition) is 2. The molecule has 0 aliphatic rings. The average molecular weight is 265 g/mol. The van der Waals surface area contributed by atoms with Gasteiger partial charge in [0, 0.05) is 17.1 Å². The molecule has 0 heterocycles. The van der Waals surface area contributed by atoms with Gasteiger partial charge >= 0.3 is 0 Å². The molecule has 1 aromatic rings. The Morgan fingerprint density at radius 1 is 1.56 bits per heavy atom. The van der Waals surface area contributed by atoms with Crippen molar-refractivity contribution in [2.75, 3.05) is 18.0 Å². The van der Waals surface area contributed by atoms with Gasteiger partial charge in [-0.05, 0) is 30.7 Å². The summed E-state index contributed by atoms with van der Waals surface area (Å²) in [5.74, 6) is -0.424. The number of amides is 1. The van der Waals surface area contributed by atoms with Crippen LogP contribution in [0.25, 0.3) is 0 Å². The molecule has 5 nitrogen and oxygen atoms in total. The molecule has 1 atom stereocenters. The summed E-state index contributed by atoms with van der Waals surface area (Å²) in [5.41, 5.74) is 7.13. The summed E-state index contributed by atoms with van der Waals surface area (Å²) in [6.45, 7) is 2.11. The molecule has 6 heteroatoms. The molecule has 1 rings (SSSR count). The standard InChI is InChI=1S/C12H15N3O2S/c1-9-7-10(3-4-11(9)14)18(17)8-12(16)15-6-2-5-13/h3-4,7H,2,6,8,14H2,1H3,(H,15,16). The van der Waals surface area contributed by atoms with E-state index in [1.165, 1.54) is 0 Å². The Kier molecular flexibility index (Phi) is 5.33. The molecule has 3 N–H and O–H groups in total. The molecular weight excluding hydrogens is 250 g/mol. The van der Waals surface area contributed by atoms with Gasteiger partial charge in [0.25, 0.3) is 0 Å². The molecular formula is C12H15N3O2S. The lowest BCUT2D eigenvalue weighted by Gasteiger charge is -2.05. The Balaban J connectivity index is 2.57. The molecule has 0 aliphatic carbocycles. The highest BCUT2D eigenvalue weighted by Gasteiger charge is 2.10. The summed E-state index contributed by atoms with van der Waals surface area (Å²) in [4.78, 5) is 12.0. The molecule has 96 valence electrons. The van der Waals surface area contributed by atoms with Gasteiger partial charge in [-0.25, -0.2) is 0 Å². The van der Waals surface area contributed by atoms with Crippen molar-refractivity contribution < 1.29 is 9.00 Å². The van der Waals surface area contributed by atoms with E-state index in [2.05, 4.69) is 5.32 Å². The van der Waals surface area contributed by atoms with Crippen LogP contribution in [-0.2, 0) is 15.6 Å². The smallest absolute Gasteiger partial charge is 0.233 e. The van der Waals surface area contributed by atoms with Crippen LogP contribution in [0.5, 0.6) is 0 Å². The summed E-state index contributed by atoms with van der Waals surface area (Å²) in [6.07, 6.45) is 0.249. The van der Waals surface area contributed by atoms with Gasteiger partial charge < -0.3 is 11.1 Å². The fraction of sp³-hybridized carbons (Fsp3) is 0.333. The van der Waals surface area contributed by atoms with Crippen LogP contribution in [0.2, 0.25) is 0 Å². The monoisotopic (exact) mass is 265 g/mol. The van der Waals surface area contributed by atoms with Gasteiger partial charge in [0.1, 0.15) is 5.75 Å². The van der Waals surface area contributed by atoms with Crippen LogP contribution in [0, 0.1) is 18.3 Å². The Bertz CT molecular complexity index is 509. The zero-order chi connectivity index (χ0) is 13.5. The first-order chi connectivity index (χ1) is 8.54. The number of nitrogens with two attached hydrogens (primary N) is 1. The lowest BCUT2D eigenvalue weighted by Crippen LogP contribution is -2.29. The number of aryl methyl sites for hydroxylation is 1. The molecule has 0 fully saturated rings. The number of hydrogen-bond acceptors (Lipinski definition) is 4. The number of carbonyl (C=O) groups excluding carboxylic acids is 1. The highest BCUT2D eigenvalue weighted by molar-refractivity contribution is 7.85. The van der Waals surface area contributed by atoms with Crippen molar-refractivity contribution in [1.29, 1.82) is 5.26 Å². The van der Waals surface area contributed by atoms with Crippen molar-refractivity contribution in [3.8, 4) is 6.07 Å². The second kappa shape index (κ2) is 6.77. The number of nitrogens with one attached hydrogen (secondary N) is 1. The molecule has 0 aromatic heterocycles. The maximum Gasteiger partial charge on any atom is 0.233 e. The number of nitriles is 1. The van der Waals surface area contributed by atoms with E-state index in [-0.39, 0.29) is 24.6 Å². The van der Waals surface area contributed by atoms with Crippen LogP contribution in [0.4, 0.5) is 5.69 Å². The maximum absolute atomic E-state index is 11.9. The van der Waals surface area contributed by atoms with Crippen molar-refractivity contribution in [2.24, 2.45) is 0 Å². The first kappa shape index (κ1) is 14.2. The molecule has 1 unspecified atom stereocenters. The number of nitrogen functional groups attached to an aromatic ring is 1. The zero-order valence-corrected chi connectivity index (χ0v) is 10.9. The van der Waals surface area contributed by atoms with Gasteiger partial charge in [-0.3, -0.25) is 9.00 Å². The van der Waals surface area contributed by atoms with Crippen molar-refractivity contribution in [3.05, 3.63) is 23.8 Å². The van der Waals surface area contributed by atoms with Gasteiger partial charge in [0.15, 0.2) is 0 Å². The van der Waals surface area contributed by atoms with Crippen LogP contribution in [-0.4, -0.2) is 22.4 Å². The van der Waals surface area contributed by atoms with E-state index in [4.69, 9.17) is 11.0 Å². The van der Waals surface area contributed by atoms with E-state index < -0.39 is 10.8 Å². The molecule has 0 bridgehead atoms. The predicted octanol–water partition coefficient (Wildman–Crippen LogP) is 0.715. The molecule has 18 heavy (non-hydrogen) atoms. The number of anilines is 1. The van der Waals surface area contributed by atoms with Gasteiger partial charge in [0.2, 0.25) is 5.91 Å². The largest absolute Gasteiger partial charge is 0.399 e. The van der Waals surface area contributed by atoms with Gasteiger partial charge in [-0.1, -0.05) is 0 Å². The fourth-order valence-corrected chi connectivity index (χ4v) is 2.34. The van der Waals surface area contributed by atoms with Crippen molar-refractivity contribution in [3.63, 3.8) is 0 Å².